The molecule has 1 atom stereocenters. The van der Waals surface area contributed by atoms with Crippen LogP contribution in [0.2, 0.25) is 0 Å². The van der Waals surface area contributed by atoms with Gasteiger partial charge in [-0.1, -0.05) is 36.4 Å². The van der Waals surface area contributed by atoms with Crippen LogP contribution in [-0.4, -0.2) is 16.3 Å². The van der Waals surface area contributed by atoms with E-state index in [0.717, 1.165) is 24.5 Å². The number of nitrogens with one attached hydrogen (secondary N) is 1. The Balaban J connectivity index is 1.83. The van der Waals surface area contributed by atoms with E-state index in [-0.39, 0.29) is 0 Å². The van der Waals surface area contributed by atoms with Crippen molar-refractivity contribution in [3.05, 3.63) is 59.8 Å². The number of aryl methyl sites for hydroxylation is 1. The number of fused-ring (bicyclic) bond motifs is 2. The molecule has 0 bridgehead atoms. The maximum atomic E-state index is 4.64. The Morgan fingerprint density at radius 3 is 2.85 bits per heavy atom. The minimum absolute atomic E-state index is 0.338. The molecule has 4 rings (SSSR count). The summed E-state index contributed by atoms with van der Waals surface area (Å²) in [5, 5.41) is 10.7. The van der Waals surface area contributed by atoms with E-state index in [0.29, 0.717) is 6.04 Å². The Hall–Kier alpha value is -2.29. The topological polar surface area (TPSA) is 29.9 Å². The number of aromatic nitrogens is 2. The second-order valence-electron chi connectivity index (χ2n) is 5.45. The van der Waals surface area contributed by atoms with Crippen molar-refractivity contribution in [2.75, 3.05) is 11.9 Å². The highest BCUT2D eigenvalue weighted by atomic mass is 15.4. The van der Waals surface area contributed by atoms with E-state index in [1.54, 1.807) is 0 Å². The lowest BCUT2D eigenvalue weighted by Crippen LogP contribution is -2.24. The monoisotopic (exact) mass is 263 g/mol. The molecular formula is C17H17N3. The van der Waals surface area contributed by atoms with E-state index in [1.165, 1.54) is 16.3 Å². The number of anilines is 1. The first-order chi connectivity index (χ1) is 9.81. The Morgan fingerprint density at radius 2 is 1.95 bits per heavy atom. The third kappa shape index (κ3) is 1.78. The average molecular weight is 263 g/mol. The first-order valence-electron chi connectivity index (χ1n) is 7.10. The summed E-state index contributed by atoms with van der Waals surface area (Å²) in [4.78, 5) is 0. The van der Waals surface area contributed by atoms with Crippen LogP contribution in [0.15, 0.2) is 48.5 Å². The number of hydrogen-bond donors (Lipinski definition) is 1. The molecule has 3 nitrogen and oxygen atoms in total. The number of rotatable bonds is 1. The van der Waals surface area contributed by atoms with Gasteiger partial charge >= 0.3 is 0 Å². The summed E-state index contributed by atoms with van der Waals surface area (Å²) in [5.74, 6) is 1.13. The molecule has 1 unspecified atom stereocenters. The molecule has 0 saturated heterocycles. The van der Waals surface area contributed by atoms with Gasteiger partial charge in [-0.15, -0.1) is 0 Å². The van der Waals surface area contributed by atoms with Crippen molar-refractivity contribution in [1.29, 1.82) is 0 Å². The van der Waals surface area contributed by atoms with Crippen LogP contribution < -0.4 is 5.32 Å². The Bertz CT molecular complexity index is 773. The first kappa shape index (κ1) is 11.5. The highest BCUT2D eigenvalue weighted by molar-refractivity contribution is 5.83. The van der Waals surface area contributed by atoms with Crippen molar-refractivity contribution in [3.8, 4) is 0 Å². The molecule has 0 aliphatic carbocycles. The first-order valence-corrected chi connectivity index (χ1v) is 7.10. The maximum Gasteiger partial charge on any atom is 0.125 e. The normalized spacial score (nSPS) is 17.8. The minimum Gasteiger partial charge on any atom is -0.370 e. The van der Waals surface area contributed by atoms with Crippen LogP contribution in [0, 0.1) is 6.92 Å². The van der Waals surface area contributed by atoms with Crippen LogP contribution in [0.4, 0.5) is 5.82 Å². The third-order valence-corrected chi connectivity index (χ3v) is 4.04. The van der Waals surface area contributed by atoms with Crippen molar-refractivity contribution in [2.24, 2.45) is 0 Å². The number of nitrogens with zero attached hydrogens (tertiary/aromatic N) is 2. The van der Waals surface area contributed by atoms with Gasteiger partial charge < -0.3 is 5.32 Å². The summed E-state index contributed by atoms with van der Waals surface area (Å²) in [5.41, 5.74) is 2.41. The van der Waals surface area contributed by atoms with Crippen LogP contribution in [0.1, 0.15) is 23.7 Å². The van der Waals surface area contributed by atoms with Crippen molar-refractivity contribution in [3.63, 3.8) is 0 Å². The largest absolute Gasteiger partial charge is 0.370 e. The second-order valence-corrected chi connectivity index (χ2v) is 5.45. The molecule has 0 saturated carbocycles. The average Bonchev–Trinajstić information content (AvgIpc) is 2.86. The maximum absolute atomic E-state index is 4.64. The van der Waals surface area contributed by atoms with Crippen LogP contribution in [0.5, 0.6) is 0 Å². The molecule has 0 amide bonds. The van der Waals surface area contributed by atoms with Crippen LogP contribution in [0.25, 0.3) is 10.8 Å². The Labute approximate surface area is 118 Å². The zero-order valence-corrected chi connectivity index (χ0v) is 11.5. The van der Waals surface area contributed by atoms with Gasteiger partial charge in [0.15, 0.2) is 0 Å². The lowest BCUT2D eigenvalue weighted by atomic mass is 9.99. The molecule has 0 spiro atoms. The number of hydrogen-bond acceptors (Lipinski definition) is 2. The van der Waals surface area contributed by atoms with E-state index in [9.17, 15) is 0 Å². The summed E-state index contributed by atoms with van der Waals surface area (Å²) in [6, 6.07) is 17.7. The lowest BCUT2D eigenvalue weighted by Gasteiger charge is -2.26. The van der Waals surface area contributed by atoms with E-state index in [1.807, 2.05) is 6.92 Å². The molecule has 1 N–H and O–H groups in total. The summed E-state index contributed by atoms with van der Waals surface area (Å²) in [6.07, 6.45) is 1.08. The summed E-state index contributed by atoms with van der Waals surface area (Å²) in [6.45, 7) is 3.05. The zero-order chi connectivity index (χ0) is 13.5. The van der Waals surface area contributed by atoms with Crippen LogP contribution >= 0.6 is 0 Å². The van der Waals surface area contributed by atoms with Crippen molar-refractivity contribution >= 4 is 16.6 Å². The van der Waals surface area contributed by atoms with Crippen molar-refractivity contribution < 1.29 is 0 Å². The van der Waals surface area contributed by atoms with Gasteiger partial charge in [-0.3, -0.25) is 0 Å². The molecule has 0 fully saturated rings. The van der Waals surface area contributed by atoms with Gasteiger partial charge in [0.25, 0.3) is 0 Å². The Kier molecular flexibility index (Phi) is 2.52. The van der Waals surface area contributed by atoms with Gasteiger partial charge in [0, 0.05) is 12.6 Å². The Morgan fingerprint density at radius 1 is 1.10 bits per heavy atom. The van der Waals surface area contributed by atoms with Crippen molar-refractivity contribution in [2.45, 2.75) is 19.4 Å². The molecule has 1 aliphatic rings. The van der Waals surface area contributed by atoms with Crippen LogP contribution in [0.3, 0.4) is 0 Å². The predicted molar refractivity (Wildman–Crippen MR) is 82.2 cm³/mol. The van der Waals surface area contributed by atoms with Gasteiger partial charge in [-0.05, 0) is 35.7 Å². The summed E-state index contributed by atoms with van der Waals surface area (Å²) in [7, 11) is 0. The molecular weight excluding hydrogens is 246 g/mol. The minimum atomic E-state index is 0.338. The van der Waals surface area contributed by atoms with E-state index in [4.69, 9.17) is 0 Å². The van der Waals surface area contributed by atoms with Crippen molar-refractivity contribution in [1.82, 2.24) is 9.78 Å². The fourth-order valence-corrected chi connectivity index (χ4v) is 3.07. The molecule has 20 heavy (non-hydrogen) atoms. The lowest BCUT2D eigenvalue weighted by molar-refractivity contribution is 0.480. The summed E-state index contributed by atoms with van der Waals surface area (Å²) < 4.78 is 2.13. The van der Waals surface area contributed by atoms with Gasteiger partial charge in [-0.2, -0.15) is 5.10 Å². The van der Waals surface area contributed by atoms with Gasteiger partial charge in [0.1, 0.15) is 5.82 Å². The fraction of sp³-hybridized carbons (Fsp3) is 0.235. The standard InChI is InChI=1S/C17H17N3/c1-12-10-17-18-9-8-16(20(17)19-12)15-7-6-13-4-2-3-5-14(13)11-15/h2-7,10-11,16,18H,8-9H2,1H3. The third-order valence-electron chi connectivity index (χ3n) is 4.04. The van der Waals surface area contributed by atoms with Gasteiger partial charge in [0.05, 0.1) is 11.7 Å². The smallest absolute Gasteiger partial charge is 0.125 e. The molecule has 2 heterocycles. The summed E-state index contributed by atoms with van der Waals surface area (Å²) >= 11 is 0. The van der Waals surface area contributed by atoms with Gasteiger partial charge in [0.2, 0.25) is 0 Å². The fourth-order valence-electron chi connectivity index (χ4n) is 3.07. The highest BCUT2D eigenvalue weighted by Gasteiger charge is 2.22. The number of benzene rings is 2. The molecule has 0 radical (unpaired) electrons. The molecule has 1 aromatic heterocycles. The molecule has 3 heteroatoms. The van der Waals surface area contributed by atoms with E-state index in [2.05, 4.69) is 63.6 Å². The molecule has 2 aromatic carbocycles. The van der Waals surface area contributed by atoms with E-state index >= 15 is 0 Å². The SMILES string of the molecule is Cc1cc2n(n1)C(c1ccc3ccccc3c1)CCN2. The molecule has 1 aliphatic heterocycles. The second kappa shape index (κ2) is 4.37. The van der Waals surface area contributed by atoms with Gasteiger partial charge in [-0.25, -0.2) is 4.68 Å². The van der Waals surface area contributed by atoms with E-state index < -0.39 is 0 Å². The van der Waals surface area contributed by atoms with Crippen LogP contribution in [-0.2, 0) is 0 Å². The zero-order valence-electron chi connectivity index (χ0n) is 11.5. The highest BCUT2D eigenvalue weighted by Crippen LogP contribution is 2.31. The molecule has 100 valence electrons. The predicted octanol–water partition coefficient (Wildman–Crippen LogP) is 3.75. The molecule has 3 aromatic rings. The quantitative estimate of drug-likeness (QED) is 0.724.